The van der Waals surface area contributed by atoms with Gasteiger partial charge in [-0.05, 0) is 36.8 Å². The summed E-state index contributed by atoms with van der Waals surface area (Å²) in [7, 11) is 0. The van der Waals surface area contributed by atoms with Crippen molar-refractivity contribution in [3.05, 3.63) is 72.2 Å². The second-order valence-electron chi connectivity index (χ2n) is 5.78. The molecule has 0 aliphatic heterocycles. The van der Waals surface area contributed by atoms with Crippen LogP contribution in [0.1, 0.15) is 5.56 Å². The molecule has 4 rings (SSSR count). The molecule has 0 spiro atoms. The van der Waals surface area contributed by atoms with Crippen LogP contribution in [0, 0.1) is 12.7 Å². The van der Waals surface area contributed by atoms with Gasteiger partial charge in [0.05, 0.1) is 11.2 Å². The van der Waals surface area contributed by atoms with Crippen molar-refractivity contribution in [1.82, 2.24) is 15.0 Å². The first-order chi connectivity index (χ1) is 12.1. The van der Waals surface area contributed by atoms with Gasteiger partial charge in [-0.1, -0.05) is 24.3 Å². The quantitative estimate of drug-likeness (QED) is 0.587. The Morgan fingerprint density at radius 3 is 2.64 bits per heavy atom. The highest BCUT2D eigenvalue weighted by Crippen LogP contribution is 2.32. The Morgan fingerprint density at radius 2 is 1.80 bits per heavy atom. The molecule has 4 aromatic rings. The van der Waals surface area contributed by atoms with Crippen LogP contribution in [0.5, 0.6) is 5.75 Å². The zero-order valence-corrected chi connectivity index (χ0v) is 13.4. The molecular formula is C20H14FN3O. The molecule has 2 aromatic carbocycles. The SMILES string of the molecule is Cc1ccc(-c2ncc3ccccc3n2)nc1-c1ccc(F)cc1O. The third-order valence-corrected chi connectivity index (χ3v) is 4.03. The van der Waals surface area contributed by atoms with E-state index in [1.807, 2.05) is 43.3 Å². The van der Waals surface area contributed by atoms with Crippen LogP contribution >= 0.6 is 0 Å². The number of hydrogen-bond donors (Lipinski definition) is 1. The molecule has 0 amide bonds. The van der Waals surface area contributed by atoms with E-state index in [2.05, 4.69) is 15.0 Å². The highest BCUT2D eigenvalue weighted by molar-refractivity contribution is 5.79. The van der Waals surface area contributed by atoms with Crippen molar-refractivity contribution in [1.29, 1.82) is 0 Å². The fraction of sp³-hybridized carbons (Fsp3) is 0.0500. The first-order valence-corrected chi connectivity index (χ1v) is 7.80. The second-order valence-corrected chi connectivity index (χ2v) is 5.78. The lowest BCUT2D eigenvalue weighted by molar-refractivity contribution is 0.471. The number of aromatic nitrogens is 3. The van der Waals surface area contributed by atoms with Gasteiger partial charge in [0.2, 0.25) is 0 Å². The normalized spacial score (nSPS) is 11.0. The summed E-state index contributed by atoms with van der Waals surface area (Å²) in [6.45, 7) is 1.89. The Bertz CT molecular complexity index is 1100. The third-order valence-electron chi connectivity index (χ3n) is 4.03. The van der Waals surface area contributed by atoms with Crippen molar-refractivity contribution in [3.8, 4) is 28.5 Å². The molecule has 0 fully saturated rings. The molecular weight excluding hydrogens is 317 g/mol. The summed E-state index contributed by atoms with van der Waals surface area (Å²) in [5, 5.41) is 11.0. The fourth-order valence-electron chi connectivity index (χ4n) is 2.73. The summed E-state index contributed by atoms with van der Waals surface area (Å²) in [4.78, 5) is 13.5. The highest BCUT2D eigenvalue weighted by Gasteiger charge is 2.13. The van der Waals surface area contributed by atoms with Crippen molar-refractivity contribution in [2.24, 2.45) is 0 Å². The molecule has 0 aliphatic carbocycles. The summed E-state index contributed by atoms with van der Waals surface area (Å²) in [5.74, 6) is -0.137. The standard InChI is InChI=1S/C20H14FN3O/c1-12-6-9-17(20-22-11-13-4-2-3-5-16(13)24-20)23-19(12)15-8-7-14(21)10-18(15)25/h2-11,25H,1H3. The van der Waals surface area contributed by atoms with Gasteiger partial charge in [-0.3, -0.25) is 0 Å². The van der Waals surface area contributed by atoms with Crippen molar-refractivity contribution in [2.45, 2.75) is 6.92 Å². The van der Waals surface area contributed by atoms with E-state index in [1.54, 1.807) is 6.20 Å². The number of rotatable bonds is 2. The molecule has 2 aromatic heterocycles. The lowest BCUT2D eigenvalue weighted by atomic mass is 10.0. The van der Waals surface area contributed by atoms with Crippen LogP contribution in [-0.2, 0) is 0 Å². The topological polar surface area (TPSA) is 58.9 Å². The Balaban J connectivity index is 1.86. The molecule has 0 bridgehead atoms. The van der Waals surface area contributed by atoms with Gasteiger partial charge in [0.25, 0.3) is 0 Å². The number of phenolic OH excluding ortho intramolecular Hbond substituents is 1. The number of pyridine rings is 1. The Kier molecular flexibility index (Phi) is 3.61. The lowest BCUT2D eigenvalue weighted by Crippen LogP contribution is -1.96. The summed E-state index contributed by atoms with van der Waals surface area (Å²) < 4.78 is 13.3. The summed E-state index contributed by atoms with van der Waals surface area (Å²) in [5.41, 5.74) is 3.34. The predicted octanol–water partition coefficient (Wildman–Crippen LogP) is 4.51. The van der Waals surface area contributed by atoms with Crippen LogP contribution in [0.2, 0.25) is 0 Å². The molecule has 0 aliphatic rings. The minimum Gasteiger partial charge on any atom is -0.507 e. The molecule has 0 atom stereocenters. The largest absolute Gasteiger partial charge is 0.507 e. The van der Waals surface area contributed by atoms with Crippen molar-refractivity contribution in [2.75, 3.05) is 0 Å². The first-order valence-electron chi connectivity index (χ1n) is 7.80. The van der Waals surface area contributed by atoms with Crippen LogP contribution in [0.3, 0.4) is 0 Å². The molecule has 0 saturated carbocycles. The smallest absolute Gasteiger partial charge is 0.178 e. The molecule has 1 N–H and O–H groups in total. The summed E-state index contributed by atoms with van der Waals surface area (Å²) >= 11 is 0. The monoisotopic (exact) mass is 331 g/mol. The number of nitrogens with zero attached hydrogens (tertiary/aromatic N) is 3. The Morgan fingerprint density at radius 1 is 0.960 bits per heavy atom. The average molecular weight is 331 g/mol. The maximum Gasteiger partial charge on any atom is 0.178 e. The maximum absolute atomic E-state index is 13.3. The summed E-state index contributed by atoms with van der Waals surface area (Å²) in [6, 6.07) is 15.3. The van der Waals surface area contributed by atoms with Crippen molar-refractivity contribution >= 4 is 10.9 Å². The Hall–Kier alpha value is -3.34. The van der Waals surface area contributed by atoms with Crippen LogP contribution < -0.4 is 0 Å². The zero-order valence-electron chi connectivity index (χ0n) is 13.4. The number of benzene rings is 2. The number of aromatic hydroxyl groups is 1. The molecule has 4 nitrogen and oxygen atoms in total. The summed E-state index contributed by atoms with van der Waals surface area (Å²) in [6.07, 6.45) is 1.76. The van der Waals surface area contributed by atoms with Crippen LogP contribution in [0.25, 0.3) is 33.7 Å². The maximum atomic E-state index is 13.3. The molecule has 25 heavy (non-hydrogen) atoms. The number of para-hydroxylation sites is 1. The van der Waals surface area contributed by atoms with Crippen LogP contribution in [-0.4, -0.2) is 20.1 Å². The van der Waals surface area contributed by atoms with E-state index in [4.69, 9.17) is 0 Å². The van der Waals surface area contributed by atoms with Gasteiger partial charge in [0.1, 0.15) is 17.3 Å². The molecule has 122 valence electrons. The average Bonchev–Trinajstić information content (AvgIpc) is 2.62. The number of aryl methyl sites for hydroxylation is 1. The number of halogens is 1. The van der Waals surface area contributed by atoms with Gasteiger partial charge >= 0.3 is 0 Å². The van der Waals surface area contributed by atoms with Gasteiger partial charge in [-0.2, -0.15) is 0 Å². The first kappa shape index (κ1) is 15.2. The van der Waals surface area contributed by atoms with E-state index in [9.17, 15) is 9.50 Å². The van der Waals surface area contributed by atoms with Crippen molar-refractivity contribution < 1.29 is 9.50 Å². The van der Waals surface area contributed by atoms with E-state index in [1.165, 1.54) is 12.1 Å². The number of hydrogen-bond acceptors (Lipinski definition) is 4. The fourth-order valence-corrected chi connectivity index (χ4v) is 2.73. The van der Waals surface area contributed by atoms with Crippen LogP contribution in [0.15, 0.2) is 60.8 Å². The Labute approximate surface area is 143 Å². The molecule has 0 saturated heterocycles. The van der Waals surface area contributed by atoms with Gasteiger partial charge in [0.15, 0.2) is 5.82 Å². The second kappa shape index (κ2) is 5.94. The number of phenols is 1. The van der Waals surface area contributed by atoms with E-state index in [0.29, 0.717) is 22.8 Å². The highest BCUT2D eigenvalue weighted by atomic mass is 19.1. The van der Waals surface area contributed by atoms with E-state index in [0.717, 1.165) is 22.5 Å². The van der Waals surface area contributed by atoms with E-state index >= 15 is 0 Å². The minimum atomic E-state index is -0.493. The van der Waals surface area contributed by atoms with Gasteiger partial charge in [-0.25, -0.2) is 19.3 Å². The number of fused-ring (bicyclic) bond motifs is 1. The molecule has 0 radical (unpaired) electrons. The zero-order chi connectivity index (χ0) is 17.4. The molecule has 0 unspecified atom stereocenters. The molecule has 2 heterocycles. The van der Waals surface area contributed by atoms with Gasteiger partial charge < -0.3 is 5.11 Å². The molecule has 5 heteroatoms. The predicted molar refractivity (Wildman–Crippen MR) is 94.6 cm³/mol. The van der Waals surface area contributed by atoms with E-state index in [-0.39, 0.29) is 5.75 Å². The van der Waals surface area contributed by atoms with Gasteiger partial charge in [0, 0.05) is 23.2 Å². The van der Waals surface area contributed by atoms with Gasteiger partial charge in [-0.15, -0.1) is 0 Å². The van der Waals surface area contributed by atoms with Crippen LogP contribution in [0.4, 0.5) is 4.39 Å². The minimum absolute atomic E-state index is 0.146. The van der Waals surface area contributed by atoms with Crippen molar-refractivity contribution in [3.63, 3.8) is 0 Å². The third kappa shape index (κ3) is 2.80. The lowest BCUT2D eigenvalue weighted by Gasteiger charge is -2.10. The van der Waals surface area contributed by atoms with E-state index < -0.39 is 5.82 Å².